The summed E-state index contributed by atoms with van der Waals surface area (Å²) in [6, 6.07) is 17.4. The number of carbonyl (C=O) groups excluding carboxylic acids is 4. The van der Waals surface area contributed by atoms with Crippen molar-refractivity contribution in [1.29, 1.82) is 0 Å². The summed E-state index contributed by atoms with van der Waals surface area (Å²) in [5, 5.41) is 0. The lowest BCUT2D eigenvalue weighted by molar-refractivity contribution is -0.961. The van der Waals surface area contributed by atoms with Gasteiger partial charge in [0, 0.05) is 88.2 Å². The van der Waals surface area contributed by atoms with Gasteiger partial charge in [-0.3, -0.25) is 19.2 Å². The molecule has 0 aliphatic carbocycles. The molecule has 4 heterocycles. The topological polar surface area (TPSA) is 105 Å². The number of fused-ring (bicyclic) bond motifs is 4. The summed E-state index contributed by atoms with van der Waals surface area (Å²) < 4.78 is 24.5. The number of rotatable bonds is 14. The van der Waals surface area contributed by atoms with Crippen LogP contribution in [0.15, 0.2) is 48.5 Å². The van der Waals surface area contributed by atoms with Crippen molar-refractivity contribution in [2.24, 2.45) is 0 Å². The van der Waals surface area contributed by atoms with Gasteiger partial charge in [0.1, 0.15) is 36.8 Å². The highest BCUT2D eigenvalue weighted by molar-refractivity contribution is 5.73. The third-order valence-electron chi connectivity index (χ3n) is 12.4. The first kappa shape index (κ1) is 42.9. The first-order chi connectivity index (χ1) is 24.5. The highest BCUT2D eigenvalue weighted by Crippen LogP contribution is 2.45. The molecule has 4 aliphatic rings. The lowest BCUT2D eigenvalue weighted by Crippen LogP contribution is -3.00. The Bertz CT molecular complexity index is 1430. The minimum Gasteiger partial charge on any atom is -1.00 e. The third kappa shape index (κ3) is 10.3. The second-order valence-corrected chi connectivity index (χ2v) is 15.7. The quantitative estimate of drug-likeness (QED) is 0.155. The van der Waals surface area contributed by atoms with Crippen LogP contribution in [0.2, 0.25) is 0 Å². The van der Waals surface area contributed by atoms with Crippen molar-refractivity contribution in [3.05, 3.63) is 59.7 Å². The Morgan fingerprint density at radius 3 is 1.17 bits per heavy atom. The molecule has 12 heteroatoms. The lowest BCUT2D eigenvalue weighted by atomic mass is 9.95. The Morgan fingerprint density at radius 2 is 0.868 bits per heavy atom. The van der Waals surface area contributed by atoms with E-state index in [0.717, 1.165) is 73.4 Å². The van der Waals surface area contributed by atoms with Gasteiger partial charge in [0.2, 0.25) is 0 Å². The first-order valence-corrected chi connectivity index (χ1v) is 19.1. The first-order valence-electron chi connectivity index (χ1n) is 19.1. The number of carbonyl (C=O) groups is 4. The van der Waals surface area contributed by atoms with E-state index in [0.29, 0.717) is 54.9 Å². The monoisotopic (exact) mass is 862 g/mol. The molecule has 53 heavy (non-hydrogen) atoms. The van der Waals surface area contributed by atoms with Gasteiger partial charge < -0.3 is 61.9 Å². The molecule has 0 N–H and O–H groups in total. The zero-order valence-corrected chi connectivity index (χ0v) is 34.8. The van der Waals surface area contributed by atoms with Crippen molar-refractivity contribution < 1.29 is 81.1 Å². The largest absolute Gasteiger partial charge is 1.00 e. The number of piperidine rings is 2. The molecule has 2 aromatic rings. The van der Waals surface area contributed by atoms with Crippen LogP contribution in [0, 0.1) is 0 Å². The van der Waals surface area contributed by atoms with E-state index in [1.165, 1.54) is 11.1 Å². The van der Waals surface area contributed by atoms with Crippen LogP contribution in [-0.4, -0.2) is 83.3 Å². The van der Waals surface area contributed by atoms with Crippen molar-refractivity contribution in [3.8, 4) is 11.5 Å². The van der Waals surface area contributed by atoms with Crippen LogP contribution < -0.4 is 43.4 Å². The van der Waals surface area contributed by atoms with Crippen LogP contribution in [-0.2, 0) is 41.7 Å². The van der Waals surface area contributed by atoms with Gasteiger partial charge in [0.05, 0.1) is 38.3 Å². The zero-order valence-electron chi connectivity index (χ0n) is 31.6. The molecule has 0 radical (unpaired) electrons. The highest BCUT2D eigenvalue weighted by atomic mass is 79.9. The van der Waals surface area contributed by atoms with Crippen LogP contribution in [0.3, 0.4) is 0 Å². The molecule has 6 rings (SSSR count). The Labute approximate surface area is 335 Å². The van der Waals surface area contributed by atoms with Crippen LogP contribution in [0.1, 0.15) is 108 Å². The SMILES string of the molecule is CCC(=O)Oc1ccc(C[N+]2(C)C3CCC2CC(OC(=O)CCCC(=O)OC2CC4CCC(C2)[N+]4(C)Cc2ccc(OC(=O)CC)cc2)C3)cc1.[Br-].[Br-]. The molecule has 0 amide bonds. The standard InChI is InChI=1S/C41H56N2O8.2BrH/c1-5-38(44)48-34-18-10-28(11-19-34)26-42(3)30-14-15-31(42)23-36(22-30)50-40(46)8-7-9-41(47)51-37-24-32-16-17-33(25-37)43(32,4)27-29-12-20-35(21-13-29)49-39(45)6-2;;/h10-13,18-21,30-33,36-37H,5-9,14-17,22-27H2,1-4H3;2*1H/q+2;;/p-2. The van der Waals surface area contributed by atoms with Gasteiger partial charge in [-0.15, -0.1) is 0 Å². The van der Waals surface area contributed by atoms with E-state index in [4.69, 9.17) is 18.9 Å². The van der Waals surface area contributed by atoms with Gasteiger partial charge in [0.15, 0.2) is 0 Å². The maximum Gasteiger partial charge on any atom is 0.310 e. The predicted octanol–water partition coefficient (Wildman–Crippen LogP) is 0.562. The van der Waals surface area contributed by atoms with Crippen LogP contribution in [0.4, 0.5) is 0 Å². The summed E-state index contributed by atoms with van der Waals surface area (Å²) in [5.41, 5.74) is 2.42. The van der Waals surface area contributed by atoms with E-state index >= 15 is 0 Å². The number of ether oxygens (including phenoxy) is 4. The van der Waals surface area contributed by atoms with E-state index in [2.05, 4.69) is 14.1 Å². The van der Waals surface area contributed by atoms with Crippen molar-refractivity contribution in [2.45, 2.75) is 147 Å². The van der Waals surface area contributed by atoms with E-state index in [9.17, 15) is 19.2 Å². The van der Waals surface area contributed by atoms with Gasteiger partial charge in [-0.25, -0.2) is 0 Å². The van der Waals surface area contributed by atoms with E-state index in [-0.39, 0.29) is 82.9 Å². The minimum atomic E-state index is -0.235. The molecule has 0 aromatic heterocycles. The smallest absolute Gasteiger partial charge is 0.310 e. The molecule has 4 bridgehead atoms. The number of quaternary nitrogens is 2. The highest BCUT2D eigenvalue weighted by Gasteiger charge is 2.53. The molecule has 292 valence electrons. The van der Waals surface area contributed by atoms with Crippen LogP contribution in [0.25, 0.3) is 0 Å². The summed E-state index contributed by atoms with van der Waals surface area (Å²) in [7, 11) is 4.64. The van der Waals surface area contributed by atoms with Gasteiger partial charge in [-0.05, 0) is 55.0 Å². The average molecular weight is 865 g/mol. The number of benzene rings is 2. The van der Waals surface area contributed by atoms with Crippen molar-refractivity contribution in [3.63, 3.8) is 0 Å². The molecular weight excluding hydrogens is 808 g/mol. The van der Waals surface area contributed by atoms with Gasteiger partial charge in [0.25, 0.3) is 0 Å². The molecule has 4 unspecified atom stereocenters. The summed E-state index contributed by atoms with van der Waals surface area (Å²) in [6.45, 7) is 5.36. The van der Waals surface area contributed by atoms with Gasteiger partial charge in [-0.2, -0.15) is 0 Å². The molecule has 2 aromatic carbocycles. The fraction of sp³-hybridized carbons (Fsp3) is 0.610. The molecule has 0 spiro atoms. The van der Waals surface area contributed by atoms with E-state index < -0.39 is 0 Å². The minimum absolute atomic E-state index is 0. The normalized spacial score (nSPS) is 29.6. The fourth-order valence-corrected chi connectivity index (χ4v) is 9.48. The second-order valence-electron chi connectivity index (χ2n) is 15.7. The molecule has 4 saturated heterocycles. The van der Waals surface area contributed by atoms with Crippen molar-refractivity contribution in [1.82, 2.24) is 0 Å². The van der Waals surface area contributed by atoms with E-state index in [1.807, 2.05) is 48.5 Å². The van der Waals surface area contributed by atoms with Crippen LogP contribution in [0.5, 0.6) is 11.5 Å². The summed E-state index contributed by atoms with van der Waals surface area (Å²) in [4.78, 5) is 48.9. The Kier molecular flexibility index (Phi) is 15.1. The molecule has 4 aliphatic heterocycles. The molecule has 4 atom stereocenters. The fourth-order valence-electron chi connectivity index (χ4n) is 9.48. The predicted molar refractivity (Wildman–Crippen MR) is 190 cm³/mol. The second kappa shape index (κ2) is 18.7. The number of halogens is 2. The molecular formula is C41H56Br2N2O8. The molecule has 4 fully saturated rings. The number of hydrogen-bond donors (Lipinski definition) is 0. The van der Waals surface area contributed by atoms with Gasteiger partial charge in [-0.1, -0.05) is 13.8 Å². The Morgan fingerprint density at radius 1 is 0.547 bits per heavy atom. The molecule has 0 saturated carbocycles. The van der Waals surface area contributed by atoms with Gasteiger partial charge >= 0.3 is 23.9 Å². The summed E-state index contributed by atoms with van der Waals surface area (Å²) >= 11 is 0. The summed E-state index contributed by atoms with van der Waals surface area (Å²) in [6.07, 6.45) is 9.34. The lowest BCUT2D eigenvalue weighted by Gasteiger charge is -2.47. The maximum atomic E-state index is 12.9. The number of esters is 4. The summed E-state index contributed by atoms with van der Waals surface area (Å²) in [5.74, 6) is 0.239. The zero-order chi connectivity index (χ0) is 36.2. The van der Waals surface area contributed by atoms with Crippen LogP contribution >= 0.6 is 0 Å². The number of nitrogens with zero attached hydrogens (tertiary/aromatic N) is 2. The number of hydrogen-bond acceptors (Lipinski definition) is 8. The van der Waals surface area contributed by atoms with Crippen molar-refractivity contribution in [2.75, 3.05) is 14.1 Å². The third-order valence-corrected chi connectivity index (χ3v) is 12.4. The Hall–Kier alpha value is -2.80. The average Bonchev–Trinajstić information content (AvgIpc) is 3.34. The maximum absolute atomic E-state index is 12.9. The molecule has 10 nitrogen and oxygen atoms in total. The van der Waals surface area contributed by atoms with Crippen molar-refractivity contribution >= 4 is 23.9 Å². The van der Waals surface area contributed by atoms with E-state index in [1.54, 1.807) is 13.8 Å². The Balaban J connectivity index is 0.00000314.